The van der Waals surface area contributed by atoms with E-state index in [1.807, 2.05) is 74.5 Å². The molecule has 0 aliphatic carbocycles. The number of rotatable bonds is 6. The van der Waals surface area contributed by atoms with Crippen molar-refractivity contribution >= 4 is 11.8 Å². The molecule has 0 radical (unpaired) electrons. The van der Waals surface area contributed by atoms with Crippen molar-refractivity contribution in [3.05, 3.63) is 71.8 Å². The summed E-state index contributed by atoms with van der Waals surface area (Å²) in [5.74, 6) is -1.30. The van der Waals surface area contributed by atoms with Crippen LogP contribution in [-0.2, 0) is 9.59 Å². The maximum Gasteiger partial charge on any atom is 0.232 e. The summed E-state index contributed by atoms with van der Waals surface area (Å²) >= 11 is 0. The Hall–Kier alpha value is -2.62. The lowest BCUT2D eigenvalue weighted by atomic mass is 10.0. The van der Waals surface area contributed by atoms with E-state index in [1.165, 1.54) is 0 Å². The Kier molecular flexibility index (Phi) is 6.13. The largest absolute Gasteiger partial charge is 0.349 e. The molecule has 2 rings (SSSR count). The zero-order chi connectivity index (χ0) is 17.5. The summed E-state index contributed by atoms with van der Waals surface area (Å²) in [6.07, 6.45) is 0. The second-order valence-electron chi connectivity index (χ2n) is 6.00. The molecule has 0 bridgehead atoms. The van der Waals surface area contributed by atoms with Crippen LogP contribution in [0.2, 0.25) is 0 Å². The second-order valence-corrected chi connectivity index (χ2v) is 6.00. The van der Waals surface area contributed by atoms with Crippen molar-refractivity contribution in [2.75, 3.05) is 0 Å². The van der Waals surface area contributed by atoms with Crippen LogP contribution in [0.25, 0.3) is 0 Å². The summed E-state index contributed by atoms with van der Waals surface area (Å²) in [5.41, 5.74) is 2.02. The van der Waals surface area contributed by atoms with Gasteiger partial charge in [-0.15, -0.1) is 0 Å². The van der Waals surface area contributed by atoms with Crippen molar-refractivity contribution in [3.63, 3.8) is 0 Å². The molecule has 0 saturated carbocycles. The van der Waals surface area contributed by atoms with Crippen molar-refractivity contribution in [1.29, 1.82) is 0 Å². The van der Waals surface area contributed by atoms with Gasteiger partial charge in [0.2, 0.25) is 11.8 Å². The predicted octanol–water partition coefficient (Wildman–Crippen LogP) is 3.38. The SMILES string of the molecule is CC(C(=O)N[C@H](C)c1ccccc1)C(=O)N[C@H](C)c1ccccc1. The standard InChI is InChI=1S/C20H24N2O2/c1-14(19(23)21-15(2)17-10-6-4-7-11-17)20(24)22-16(3)18-12-8-5-9-13-18/h4-16H,1-3H3,(H,21,23)(H,22,24)/t15-,16-/m1/s1. The molecule has 2 N–H and O–H groups in total. The Labute approximate surface area is 143 Å². The normalized spacial score (nSPS) is 13.2. The van der Waals surface area contributed by atoms with Gasteiger partial charge in [-0.25, -0.2) is 0 Å². The van der Waals surface area contributed by atoms with E-state index in [-0.39, 0.29) is 23.9 Å². The molecule has 2 atom stereocenters. The van der Waals surface area contributed by atoms with E-state index >= 15 is 0 Å². The number of benzene rings is 2. The molecular weight excluding hydrogens is 300 g/mol. The van der Waals surface area contributed by atoms with Gasteiger partial charge in [-0.1, -0.05) is 60.7 Å². The van der Waals surface area contributed by atoms with E-state index in [1.54, 1.807) is 6.92 Å². The summed E-state index contributed by atoms with van der Waals surface area (Å²) in [6.45, 7) is 5.44. The van der Waals surface area contributed by atoms with E-state index in [0.717, 1.165) is 11.1 Å². The Balaban J connectivity index is 1.91. The third kappa shape index (κ3) is 4.69. The van der Waals surface area contributed by atoms with Gasteiger partial charge in [-0.2, -0.15) is 0 Å². The first-order valence-corrected chi connectivity index (χ1v) is 8.19. The molecule has 2 amide bonds. The predicted molar refractivity (Wildman–Crippen MR) is 95.2 cm³/mol. The Morgan fingerprint density at radius 3 is 1.33 bits per heavy atom. The highest BCUT2D eigenvalue weighted by Gasteiger charge is 2.24. The van der Waals surface area contributed by atoms with Gasteiger partial charge in [0.05, 0.1) is 12.1 Å². The minimum atomic E-state index is -0.748. The Morgan fingerprint density at radius 2 is 1.00 bits per heavy atom. The van der Waals surface area contributed by atoms with Crippen LogP contribution in [0, 0.1) is 5.92 Å². The fourth-order valence-corrected chi connectivity index (χ4v) is 2.45. The van der Waals surface area contributed by atoms with Crippen LogP contribution in [0.3, 0.4) is 0 Å². The second kappa shape index (κ2) is 8.29. The van der Waals surface area contributed by atoms with Crippen LogP contribution in [0.5, 0.6) is 0 Å². The highest BCUT2D eigenvalue weighted by Crippen LogP contribution is 2.14. The number of hydrogen-bond acceptors (Lipinski definition) is 2. The molecule has 126 valence electrons. The van der Waals surface area contributed by atoms with Crippen LogP contribution >= 0.6 is 0 Å². The number of carbonyl (C=O) groups is 2. The molecule has 4 nitrogen and oxygen atoms in total. The third-order valence-electron chi connectivity index (χ3n) is 4.10. The molecule has 2 aromatic carbocycles. The summed E-state index contributed by atoms with van der Waals surface area (Å²) in [5, 5.41) is 5.78. The van der Waals surface area contributed by atoms with E-state index in [2.05, 4.69) is 10.6 Å². The summed E-state index contributed by atoms with van der Waals surface area (Å²) in [7, 11) is 0. The van der Waals surface area contributed by atoms with E-state index in [9.17, 15) is 9.59 Å². The van der Waals surface area contributed by atoms with Gasteiger partial charge in [0.1, 0.15) is 5.92 Å². The number of carbonyl (C=O) groups excluding carboxylic acids is 2. The van der Waals surface area contributed by atoms with Gasteiger partial charge in [0, 0.05) is 0 Å². The molecular formula is C20H24N2O2. The zero-order valence-corrected chi connectivity index (χ0v) is 14.3. The monoisotopic (exact) mass is 324 g/mol. The van der Waals surface area contributed by atoms with Crippen LogP contribution in [0.1, 0.15) is 44.0 Å². The molecule has 2 aromatic rings. The molecule has 0 heterocycles. The molecule has 0 fully saturated rings. The van der Waals surface area contributed by atoms with Gasteiger partial charge in [-0.05, 0) is 31.9 Å². The molecule has 0 unspecified atom stereocenters. The fourth-order valence-electron chi connectivity index (χ4n) is 2.45. The van der Waals surface area contributed by atoms with Crippen molar-refractivity contribution in [2.24, 2.45) is 5.92 Å². The maximum absolute atomic E-state index is 12.3. The lowest BCUT2D eigenvalue weighted by Gasteiger charge is -2.20. The fraction of sp³-hybridized carbons (Fsp3) is 0.300. The highest BCUT2D eigenvalue weighted by atomic mass is 16.2. The van der Waals surface area contributed by atoms with E-state index in [0.29, 0.717) is 0 Å². The average molecular weight is 324 g/mol. The van der Waals surface area contributed by atoms with Crippen molar-refractivity contribution in [2.45, 2.75) is 32.9 Å². The average Bonchev–Trinajstić information content (AvgIpc) is 2.62. The van der Waals surface area contributed by atoms with Crippen molar-refractivity contribution in [3.8, 4) is 0 Å². The van der Waals surface area contributed by atoms with Crippen LogP contribution in [0.15, 0.2) is 60.7 Å². The van der Waals surface area contributed by atoms with Gasteiger partial charge < -0.3 is 10.6 Å². The Bertz CT molecular complexity index is 611. The smallest absolute Gasteiger partial charge is 0.232 e. The van der Waals surface area contributed by atoms with Crippen molar-refractivity contribution < 1.29 is 9.59 Å². The molecule has 0 aromatic heterocycles. The lowest BCUT2D eigenvalue weighted by Crippen LogP contribution is -2.41. The Morgan fingerprint density at radius 1 is 0.667 bits per heavy atom. The van der Waals surface area contributed by atoms with Crippen LogP contribution in [-0.4, -0.2) is 11.8 Å². The number of nitrogens with one attached hydrogen (secondary N) is 2. The topological polar surface area (TPSA) is 58.2 Å². The number of amides is 2. The first-order chi connectivity index (χ1) is 11.5. The van der Waals surface area contributed by atoms with Crippen LogP contribution in [0.4, 0.5) is 0 Å². The third-order valence-corrected chi connectivity index (χ3v) is 4.10. The first kappa shape index (κ1) is 17.7. The molecule has 24 heavy (non-hydrogen) atoms. The van der Waals surface area contributed by atoms with E-state index < -0.39 is 5.92 Å². The number of hydrogen-bond donors (Lipinski definition) is 2. The summed E-state index contributed by atoms with van der Waals surface area (Å²) in [6, 6.07) is 19.1. The lowest BCUT2D eigenvalue weighted by molar-refractivity contribution is -0.135. The van der Waals surface area contributed by atoms with Crippen molar-refractivity contribution in [1.82, 2.24) is 10.6 Å². The van der Waals surface area contributed by atoms with Gasteiger partial charge >= 0.3 is 0 Å². The maximum atomic E-state index is 12.3. The minimum absolute atomic E-state index is 0.138. The van der Waals surface area contributed by atoms with E-state index in [4.69, 9.17) is 0 Å². The van der Waals surface area contributed by atoms with Gasteiger partial charge in [0.15, 0.2) is 0 Å². The molecule has 0 saturated heterocycles. The first-order valence-electron chi connectivity index (χ1n) is 8.19. The summed E-state index contributed by atoms with van der Waals surface area (Å²) in [4.78, 5) is 24.6. The summed E-state index contributed by atoms with van der Waals surface area (Å²) < 4.78 is 0. The van der Waals surface area contributed by atoms with Gasteiger partial charge in [0.25, 0.3) is 0 Å². The van der Waals surface area contributed by atoms with Gasteiger partial charge in [-0.3, -0.25) is 9.59 Å². The molecule has 4 heteroatoms. The van der Waals surface area contributed by atoms with Crippen LogP contribution < -0.4 is 10.6 Å². The highest BCUT2D eigenvalue weighted by molar-refractivity contribution is 6.00. The zero-order valence-electron chi connectivity index (χ0n) is 14.3. The minimum Gasteiger partial charge on any atom is -0.349 e. The quantitative estimate of drug-likeness (QED) is 0.800. The molecule has 0 aliphatic heterocycles. The molecule has 0 aliphatic rings. The molecule has 0 spiro atoms.